The van der Waals surface area contributed by atoms with Crippen LogP contribution in [0.5, 0.6) is 0 Å². The zero-order valence-corrected chi connectivity index (χ0v) is 14.8. The Balaban J connectivity index is 5.94. The van der Waals surface area contributed by atoms with Crippen LogP contribution in [-0.2, 0) is 38.1 Å². The van der Waals surface area contributed by atoms with Gasteiger partial charge in [-0.1, -0.05) is 0 Å². The van der Waals surface area contributed by atoms with E-state index in [1.807, 2.05) is 0 Å². The van der Waals surface area contributed by atoms with Crippen LogP contribution >= 0.6 is 0 Å². The van der Waals surface area contributed by atoms with Gasteiger partial charge in [-0.05, 0) is 0 Å². The summed E-state index contributed by atoms with van der Waals surface area (Å²) in [5, 5.41) is 18.8. The van der Waals surface area contributed by atoms with Gasteiger partial charge in [-0.25, -0.2) is 0 Å². The molecular formula is C15H23NO9. The molecule has 0 aliphatic heterocycles. The number of rotatable bonds is 10. The number of esters is 3. The Morgan fingerprint density at radius 3 is 1.76 bits per heavy atom. The van der Waals surface area contributed by atoms with E-state index in [0.717, 1.165) is 20.8 Å². The van der Waals surface area contributed by atoms with Crippen molar-refractivity contribution < 1.29 is 43.2 Å². The Kier molecular flexibility index (Phi) is 10.3. The molecule has 0 fully saturated rings. The lowest BCUT2D eigenvalue weighted by atomic mass is 9.98. The summed E-state index contributed by atoms with van der Waals surface area (Å²) in [4.78, 5) is 34.3. The molecule has 25 heavy (non-hydrogen) atoms. The van der Waals surface area contributed by atoms with E-state index in [2.05, 4.69) is 0 Å². The molecule has 0 saturated carbocycles. The zero-order chi connectivity index (χ0) is 19.6. The van der Waals surface area contributed by atoms with Crippen LogP contribution in [0.3, 0.4) is 0 Å². The van der Waals surface area contributed by atoms with Crippen LogP contribution < -0.4 is 0 Å². The Morgan fingerprint density at radius 2 is 1.40 bits per heavy atom. The van der Waals surface area contributed by atoms with E-state index in [4.69, 9.17) is 28.9 Å². The van der Waals surface area contributed by atoms with Crippen molar-refractivity contribution in [3.63, 3.8) is 0 Å². The number of methoxy groups -OCH3 is 2. The molecule has 0 saturated heterocycles. The number of nitriles is 1. The number of carbonyl (C=O) groups excluding carboxylic acids is 3. The summed E-state index contributed by atoms with van der Waals surface area (Å²) in [6.45, 7) is 3.11. The third-order valence-electron chi connectivity index (χ3n) is 2.98. The number of carbonyl (C=O) groups is 3. The molecule has 0 aromatic heterocycles. The summed E-state index contributed by atoms with van der Waals surface area (Å²) in [7, 11) is 2.49. The standard InChI is InChI=1S/C15H23NO9/c1-8(17)23-12(7-21-4)14(24-9(2)18)15(25-10(3)19)13(22-5)11(20)6-16/h11-15,20H,7H2,1-5H3. The van der Waals surface area contributed by atoms with Crippen LogP contribution in [0.2, 0.25) is 0 Å². The molecule has 0 aliphatic rings. The van der Waals surface area contributed by atoms with Crippen LogP contribution in [-0.4, -0.2) is 74.4 Å². The number of nitrogens with zero attached hydrogens (tertiary/aromatic N) is 1. The lowest BCUT2D eigenvalue weighted by Gasteiger charge is -2.35. The summed E-state index contributed by atoms with van der Waals surface area (Å²) in [6.07, 6.45) is -7.04. The second kappa shape index (κ2) is 11.4. The maximum atomic E-state index is 11.5. The van der Waals surface area contributed by atoms with Crippen molar-refractivity contribution >= 4 is 17.9 Å². The van der Waals surface area contributed by atoms with E-state index in [1.165, 1.54) is 14.2 Å². The Morgan fingerprint density at radius 1 is 0.920 bits per heavy atom. The lowest BCUT2D eigenvalue weighted by Crippen LogP contribution is -2.55. The first-order valence-corrected chi connectivity index (χ1v) is 7.28. The van der Waals surface area contributed by atoms with Gasteiger partial charge in [0.1, 0.15) is 6.10 Å². The van der Waals surface area contributed by atoms with Crippen molar-refractivity contribution in [3.8, 4) is 6.07 Å². The molecule has 0 bridgehead atoms. The van der Waals surface area contributed by atoms with Crippen molar-refractivity contribution in [1.29, 1.82) is 5.26 Å². The molecule has 0 radical (unpaired) electrons. The van der Waals surface area contributed by atoms with Crippen molar-refractivity contribution in [1.82, 2.24) is 0 Å². The van der Waals surface area contributed by atoms with E-state index in [-0.39, 0.29) is 6.61 Å². The second-order valence-electron chi connectivity index (χ2n) is 5.03. The van der Waals surface area contributed by atoms with Gasteiger partial charge in [0, 0.05) is 35.0 Å². The molecule has 0 rings (SSSR count). The predicted octanol–water partition coefficient (Wildman–Crippen LogP) is -0.673. The van der Waals surface area contributed by atoms with Gasteiger partial charge in [0.2, 0.25) is 0 Å². The minimum Gasteiger partial charge on any atom is -0.456 e. The third kappa shape index (κ3) is 7.93. The van der Waals surface area contributed by atoms with Gasteiger partial charge < -0.3 is 28.8 Å². The van der Waals surface area contributed by atoms with E-state index in [1.54, 1.807) is 6.07 Å². The molecule has 5 atom stereocenters. The minimum absolute atomic E-state index is 0.200. The quantitative estimate of drug-likeness (QED) is 0.302. The first kappa shape index (κ1) is 22.8. The Bertz CT molecular complexity index is 502. The van der Waals surface area contributed by atoms with E-state index in [9.17, 15) is 19.5 Å². The van der Waals surface area contributed by atoms with E-state index < -0.39 is 48.4 Å². The average Bonchev–Trinajstić information content (AvgIpc) is 2.50. The monoisotopic (exact) mass is 361 g/mol. The number of ether oxygens (including phenoxy) is 5. The molecule has 142 valence electrons. The molecule has 0 aromatic carbocycles. The topological polar surface area (TPSA) is 141 Å². The smallest absolute Gasteiger partial charge is 0.303 e. The molecule has 5 unspecified atom stereocenters. The molecule has 10 nitrogen and oxygen atoms in total. The van der Waals surface area contributed by atoms with Crippen molar-refractivity contribution in [2.75, 3.05) is 20.8 Å². The average molecular weight is 361 g/mol. The van der Waals surface area contributed by atoms with Gasteiger partial charge in [0.15, 0.2) is 24.4 Å². The Labute approximate surface area is 145 Å². The zero-order valence-electron chi connectivity index (χ0n) is 14.8. The molecule has 0 heterocycles. The molecule has 0 amide bonds. The predicted molar refractivity (Wildman–Crippen MR) is 81.0 cm³/mol. The molecule has 1 N–H and O–H groups in total. The van der Waals surface area contributed by atoms with Crippen LogP contribution in [0.15, 0.2) is 0 Å². The largest absolute Gasteiger partial charge is 0.456 e. The second-order valence-corrected chi connectivity index (χ2v) is 5.03. The Hall–Kier alpha value is -2.22. The fourth-order valence-corrected chi connectivity index (χ4v) is 2.15. The van der Waals surface area contributed by atoms with Gasteiger partial charge in [0.05, 0.1) is 12.7 Å². The van der Waals surface area contributed by atoms with Crippen LogP contribution in [0.1, 0.15) is 20.8 Å². The van der Waals surface area contributed by atoms with Crippen LogP contribution in [0.25, 0.3) is 0 Å². The maximum Gasteiger partial charge on any atom is 0.303 e. The normalized spacial score (nSPS) is 16.5. The fraction of sp³-hybridized carbons (Fsp3) is 0.733. The van der Waals surface area contributed by atoms with Gasteiger partial charge in [-0.2, -0.15) is 5.26 Å². The van der Waals surface area contributed by atoms with Crippen molar-refractivity contribution in [2.24, 2.45) is 0 Å². The van der Waals surface area contributed by atoms with Crippen molar-refractivity contribution in [2.45, 2.75) is 51.3 Å². The highest BCUT2D eigenvalue weighted by Crippen LogP contribution is 2.21. The van der Waals surface area contributed by atoms with Crippen LogP contribution in [0.4, 0.5) is 0 Å². The number of hydrogen-bond acceptors (Lipinski definition) is 10. The fourth-order valence-electron chi connectivity index (χ4n) is 2.15. The maximum absolute atomic E-state index is 11.5. The van der Waals surface area contributed by atoms with Crippen LogP contribution in [0, 0.1) is 11.3 Å². The molecule has 0 aromatic rings. The molecular weight excluding hydrogens is 338 g/mol. The van der Waals surface area contributed by atoms with E-state index >= 15 is 0 Å². The van der Waals surface area contributed by atoms with Gasteiger partial charge >= 0.3 is 17.9 Å². The summed E-state index contributed by atoms with van der Waals surface area (Å²) in [5.41, 5.74) is 0. The van der Waals surface area contributed by atoms with Gasteiger partial charge in [-0.3, -0.25) is 14.4 Å². The lowest BCUT2D eigenvalue weighted by molar-refractivity contribution is -0.203. The van der Waals surface area contributed by atoms with Crippen molar-refractivity contribution in [3.05, 3.63) is 0 Å². The van der Waals surface area contributed by atoms with Gasteiger partial charge in [-0.15, -0.1) is 0 Å². The third-order valence-corrected chi connectivity index (χ3v) is 2.98. The summed E-state index contributed by atoms with van der Waals surface area (Å²) < 4.78 is 25.3. The summed E-state index contributed by atoms with van der Waals surface area (Å²) in [6, 6.07) is 1.55. The molecule has 0 spiro atoms. The highest BCUT2D eigenvalue weighted by Gasteiger charge is 2.44. The summed E-state index contributed by atoms with van der Waals surface area (Å²) >= 11 is 0. The number of hydrogen-bond donors (Lipinski definition) is 1. The molecule has 0 aliphatic carbocycles. The SMILES string of the molecule is COCC(OC(C)=O)C(OC(C)=O)C(OC(C)=O)C(OC)C(O)C#N. The first-order valence-electron chi connectivity index (χ1n) is 7.28. The highest BCUT2D eigenvalue weighted by molar-refractivity contribution is 5.68. The number of aliphatic hydroxyl groups is 1. The molecule has 10 heteroatoms. The number of aliphatic hydroxyl groups excluding tert-OH is 1. The first-order chi connectivity index (χ1) is 11.7. The minimum atomic E-state index is -1.70. The highest BCUT2D eigenvalue weighted by atomic mass is 16.6. The van der Waals surface area contributed by atoms with Gasteiger partial charge in [0.25, 0.3) is 0 Å². The van der Waals surface area contributed by atoms with E-state index in [0.29, 0.717) is 0 Å². The summed E-state index contributed by atoms with van der Waals surface area (Å²) in [5.74, 6) is -2.25.